The molecular weight excluding hydrogens is 214 g/mol. The second kappa shape index (κ2) is 5.96. The maximum absolute atomic E-state index is 5.90. The topological polar surface area (TPSA) is 61.0 Å². The molecule has 1 aromatic heterocycles. The van der Waals surface area contributed by atoms with E-state index in [0.717, 1.165) is 24.5 Å². The quantitative estimate of drug-likeness (QED) is 0.869. The zero-order valence-electron chi connectivity index (χ0n) is 10.4. The summed E-state index contributed by atoms with van der Waals surface area (Å²) in [5.74, 6) is 1.43. The fourth-order valence-electron chi connectivity index (χ4n) is 2.43. The van der Waals surface area contributed by atoms with Crippen LogP contribution in [0, 0.1) is 5.92 Å². The van der Waals surface area contributed by atoms with Crippen molar-refractivity contribution in [1.29, 1.82) is 0 Å². The van der Waals surface area contributed by atoms with E-state index < -0.39 is 0 Å². The van der Waals surface area contributed by atoms with Gasteiger partial charge in [0.25, 0.3) is 0 Å². The summed E-state index contributed by atoms with van der Waals surface area (Å²) in [5.41, 5.74) is 6.32. The van der Waals surface area contributed by atoms with Gasteiger partial charge in [0.05, 0.1) is 11.9 Å². The van der Waals surface area contributed by atoms with Crippen LogP contribution in [0.5, 0.6) is 5.88 Å². The molecule has 0 radical (unpaired) electrons. The van der Waals surface area contributed by atoms with Crippen LogP contribution in [-0.4, -0.2) is 16.1 Å². The van der Waals surface area contributed by atoms with Gasteiger partial charge in [0.15, 0.2) is 0 Å². The summed E-state index contributed by atoms with van der Waals surface area (Å²) in [6, 6.07) is 0. The molecule has 1 heterocycles. The van der Waals surface area contributed by atoms with Crippen LogP contribution in [0.4, 0.5) is 0 Å². The standard InChI is InChI=1S/C13H21N3O/c1-2-10-4-3-5-12(6-10)17-13-9-15-8-11(7-14)16-13/h8-10,12H,2-7,14H2,1H3. The fraction of sp³-hybridized carbons (Fsp3) is 0.692. The number of nitrogens with two attached hydrogens (primary N) is 1. The third-order valence-electron chi connectivity index (χ3n) is 3.47. The Morgan fingerprint density at radius 3 is 3.06 bits per heavy atom. The van der Waals surface area contributed by atoms with Crippen LogP contribution in [0.1, 0.15) is 44.7 Å². The molecule has 0 amide bonds. The van der Waals surface area contributed by atoms with Gasteiger partial charge in [0.1, 0.15) is 6.10 Å². The van der Waals surface area contributed by atoms with Crippen molar-refractivity contribution in [2.45, 2.75) is 51.7 Å². The summed E-state index contributed by atoms with van der Waals surface area (Å²) in [7, 11) is 0. The molecule has 0 spiro atoms. The van der Waals surface area contributed by atoms with Gasteiger partial charge in [-0.1, -0.05) is 19.8 Å². The summed E-state index contributed by atoms with van der Waals surface area (Å²) < 4.78 is 5.90. The molecule has 4 nitrogen and oxygen atoms in total. The summed E-state index contributed by atoms with van der Waals surface area (Å²) in [5, 5.41) is 0. The van der Waals surface area contributed by atoms with E-state index in [1.807, 2.05) is 0 Å². The van der Waals surface area contributed by atoms with Gasteiger partial charge < -0.3 is 10.5 Å². The predicted octanol–water partition coefficient (Wildman–Crippen LogP) is 2.28. The Balaban J connectivity index is 1.95. The van der Waals surface area contributed by atoms with Gasteiger partial charge in [-0.2, -0.15) is 0 Å². The highest BCUT2D eigenvalue weighted by Gasteiger charge is 2.22. The Kier molecular flexibility index (Phi) is 4.31. The zero-order chi connectivity index (χ0) is 12.1. The molecular formula is C13H21N3O. The second-order valence-electron chi connectivity index (χ2n) is 4.73. The Labute approximate surface area is 103 Å². The molecule has 94 valence electrons. The molecule has 0 aromatic carbocycles. The second-order valence-corrected chi connectivity index (χ2v) is 4.73. The lowest BCUT2D eigenvalue weighted by Crippen LogP contribution is -2.25. The third-order valence-corrected chi connectivity index (χ3v) is 3.47. The molecule has 1 aliphatic rings. The van der Waals surface area contributed by atoms with Crippen LogP contribution in [-0.2, 0) is 6.54 Å². The van der Waals surface area contributed by atoms with Gasteiger partial charge in [-0.25, -0.2) is 4.98 Å². The fourth-order valence-corrected chi connectivity index (χ4v) is 2.43. The van der Waals surface area contributed by atoms with Gasteiger partial charge in [-0.3, -0.25) is 4.98 Å². The molecule has 2 unspecified atom stereocenters. The predicted molar refractivity (Wildman–Crippen MR) is 66.6 cm³/mol. The Morgan fingerprint density at radius 2 is 2.29 bits per heavy atom. The van der Waals surface area contributed by atoms with E-state index in [1.165, 1.54) is 19.3 Å². The average Bonchev–Trinajstić information content (AvgIpc) is 2.39. The highest BCUT2D eigenvalue weighted by molar-refractivity contribution is 5.08. The highest BCUT2D eigenvalue weighted by atomic mass is 16.5. The van der Waals surface area contributed by atoms with E-state index in [4.69, 9.17) is 10.5 Å². The molecule has 4 heteroatoms. The van der Waals surface area contributed by atoms with Gasteiger partial charge in [0.2, 0.25) is 5.88 Å². The molecule has 2 N–H and O–H groups in total. The smallest absolute Gasteiger partial charge is 0.232 e. The Bertz CT molecular complexity index is 356. The lowest BCUT2D eigenvalue weighted by Gasteiger charge is -2.28. The number of ether oxygens (including phenoxy) is 1. The van der Waals surface area contributed by atoms with E-state index >= 15 is 0 Å². The maximum atomic E-state index is 5.90. The molecule has 1 aromatic rings. The van der Waals surface area contributed by atoms with Crippen LogP contribution in [0.25, 0.3) is 0 Å². The first-order chi connectivity index (χ1) is 8.31. The number of nitrogens with zero attached hydrogens (tertiary/aromatic N) is 2. The van der Waals surface area contributed by atoms with E-state index in [2.05, 4.69) is 16.9 Å². The Morgan fingerprint density at radius 1 is 1.41 bits per heavy atom. The minimum absolute atomic E-state index is 0.302. The zero-order valence-corrected chi connectivity index (χ0v) is 10.4. The maximum Gasteiger partial charge on any atom is 0.232 e. The first-order valence-electron chi connectivity index (χ1n) is 6.49. The van der Waals surface area contributed by atoms with Gasteiger partial charge in [0, 0.05) is 12.7 Å². The molecule has 1 fully saturated rings. The third kappa shape index (κ3) is 3.40. The summed E-state index contributed by atoms with van der Waals surface area (Å²) >= 11 is 0. The monoisotopic (exact) mass is 235 g/mol. The van der Waals surface area contributed by atoms with Crippen LogP contribution >= 0.6 is 0 Å². The lowest BCUT2D eigenvalue weighted by atomic mass is 9.85. The molecule has 1 saturated carbocycles. The van der Waals surface area contributed by atoms with Crippen molar-refractivity contribution in [1.82, 2.24) is 9.97 Å². The minimum atomic E-state index is 0.302. The van der Waals surface area contributed by atoms with Crippen LogP contribution in [0.15, 0.2) is 12.4 Å². The van der Waals surface area contributed by atoms with Crippen molar-refractivity contribution < 1.29 is 4.74 Å². The van der Waals surface area contributed by atoms with Crippen LogP contribution in [0.3, 0.4) is 0 Å². The number of hydrogen-bond acceptors (Lipinski definition) is 4. The van der Waals surface area contributed by atoms with Gasteiger partial charge in [-0.05, 0) is 25.2 Å². The molecule has 0 saturated heterocycles. The van der Waals surface area contributed by atoms with Gasteiger partial charge >= 0.3 is 0 Å². The lowest BCUT2D eigenvalue weighted by molar-refractivity contribution is 0.116. The minimum Gasteiger partial charge on any atom is -0.473 e. The van der Waals surface area contributed by atoms with Gasteiger partial charge in [-0.15, -0.1) is 0 Å². The van der Waals surface area contributed by atoms with E-state index in [-0.39, 0.29) is 0 Å². The average molecular weight is 235 g/mol. The van der Waals surface area contributed by atoms with E-state index in [0.29, 0.717) is 18.5 Å². The first kappa shape index (κ1) is 12.3. The molecule has 0 aliphatic heterocycles. The Hall–Kier alpha value is -1.16. The van der Waals surface area contributed by atoms with Crippen molar-refractivity contribution in [3.8, 4) is 5.88 Å². The summed E-state index contributed by atoms with van der Waals surface area (Å²) in [4.78, 5) is 8.42. The molecule has 2 atom stereocenters. The molecule has 0 bridgehead atoms. The first-order valence-corrected chi connectivity index (χ1v) is 6.49. The van der Waals surface area contributed by atoms with Crippen LogP contribution in [0.2, 0.25) is 0 Å². The largest absolute Gasteiger partial charge is 0.473 e. The number of aromatic nitrogens is 2. The SMILES string of the molecule is CCC1CCCC(Oc2cncc(CN)n2)C1. The van der Waals surface area contributed by atoms with Crippen molar-refractivity contribution in [3.63, 3.8) is 0 Å². The van der Waals surface area contributed by atoms with Crippen molar-refractivity contribution >= 4 is 0 Å². The van der Waals surface area contributed by atoms with Crippen molar-refractivity contribution in [3.05, 3.63) is 18.1 Å². The molecule has 1 aliphatic carbocycles. The summed E-state index contributed by atoms with van der Waals surface area (Å²) in [6.07, 6.45) is 9.77. The molecule has 2 rings (SSSR count). The normalized spacial score (nSPS) is 24.6. The molecule has 17 heavy (non-hydrogen) atoms. The number of hydrogen-bond donors (Lipinski definition) is 1. The van der Waals surface area contributed by atoms with Crippen molar-refractivity contribution in [2.24, 2.45) is 11.7 Å². The highest BCUT2D eigenvalue weighted by Crippen LogP contribution is 2.28. The van der Waals surface area contributed by atoms with Crippen LogP contribution < -0.4 is 10.5 Å². The summed E-state index contributed by atoms with van der Waals surface area (Å²) in [6.45, 7) is 2.66. The van der Waals surface area contributed by atoms with E-state index in [9.17, 15) is 0 Å². The number of rotatable bonds is 4. The van der Waals surface area contributed by atoms with Crippen molar-refractivity contribution in [2.75, 3.05) is 0 Å². The van der Waals surface area contributed by atoms with E-state index in [1.54, 1.807) is 12.4 Å².